The maximum atomic E-state index is 12.6. The monoisotopic (exact) mass is 356 g/mol. The molecule has 0 bridgehead atoms. The van der Waals surface area contributed by atoms with Gasteiger partial charge in [0.25, 0.3) is 0 Å². The maximum Gasteiger partial charge on any atom is 0.223 e. The number of hydrogen-bond acceptors (Lipinski definition) is 3. The van der Waals surface area contributed by atoms with E-state index in [9.17, 15) is 9.59 Å². The predicted octanol–water partition coefficient (Wildman–Crippen LogP) is 3.20. The van der Waals surface area contributed by atoms with Crippen LogP contribution in [-0.4, -0.2) is 35.4 Å². The first-order chi connectivity index (χ1) is 12.6. The zero-order chi connectivity index (χ0) is 18.1. The van der Waals surface area contributed by atoms with Crippen molar-refractivity contribution in [3.05, 3.63) is 29.8 Å². The molecular formula is C21H28N2O3. The topological polar surface area (TPSA) is 58.6 Å². The van der Waals surface area contributed by atoms with Gasteiger partial charge in [-0.3, -0.25) is 9.59 Å². The van der Waals surface area contributed by atoms with Crippen molar-refractivity contribution in [1.82, 2.24) is 10.2 Å². The van der Waals surface area contributed by atoms with E-state index in [-0.39, 0.29) is 29.4 Å². The molecule has 2 unspecified atom stereocenters. The standard InChI is InChI=1S/C21H28N2O3/c1-2-23-13-12-21(11-10-19(23)24)14-17(22-20(25)15-6-5-7-15)16-8-3-4-9-18(16)26-21/h3-4,8-9,15,17H,2,5-7,10-14H2,1H3,(H,22,25). The zero-order valence-electron chi connectivity index (χ0n) is 15.5. The highest BCUT2D eigenvalue weighted by atomic mass is 16.5. The Hall–Kier alpha value is -2.04. The lowest BCUT2D eigenvalue weighted by Gasteiger charge is -2.42. The van der Waals surface area contributed by atoms with Crippen molar-refractivity contribution in [3.63, 3.8) is 0 Å². The lowest BCUT2D eigenvalue weighted by Crippen LogP contribution is -2.47. The van der Waals surface area contributed by atoms with Crippen LogP contribution < -0.4 is 10.1 Å². The first-order valence-electron chi connectivity index (χ1n) is 9.96. The third-order valence-electron chi connectivity index (χ3n) is 6.36. The quantitative estimate of drug-likeness (QED) is 0.905. The Morgan fingerprint density at radius 1 is 1.31 bits per heavy atom. The highest BCUT2D eigenvalue weighted by Gasteiger charge is 2.44. The number of carbonyl (C=O) groups is 2. The van der Waals surface area contributed by atoms with Gasteiger partial charge in [-0.1, -0.05) is 24.6 Å². The van der Waals surface area contributed by atoms with Gasteiger partial charge in [0.15, 0.2) is 0 Å². The van der Waals surface area contributed by atoms with Crippen LogP contribution in [0.5, 0.6) is 5.75 Å². The molecule has 2 atom stereocenters. The Morgan fingerprint density at radius 2 is 2.12 bits per heavy atom. The number of rotatable bonds is 3. The minimum Gasteiger partial charge on any atom is -0.487 e. The van der Waals surface area contributed by atoms with Crippen LogP contribution in [0, 0.1) is 5.92 Å². The predicted molar refractivity (Wildman–Crippen MR) is 98.7 cm³/mol. The van der Waals surface area contributed by atoms with Gasteiger partial charge in [0.1, 0.15) is 11.4 Å². The van der Waals surface area contributed by atoms with Crippen molar-refractivity contribution < 1.29 is 14.3 Å². The Balaban J connectivity index is 1.58. The molecule has 1 saturated heterocycles. The molecule has 1 saturated carbocycles. The van der Waals surface area contributed by atoms with E-state index in [0.717, 1.165) is 56.5 Å². The van der Waals surface area contributed by atoms with Gasteiger partial charge < -0.3 is 15.0 Å². The molecule has 0 aromatic heterocycles. The first-order valence-corrected chi connectivity index (χ1v) is 9.96. The molecular weight excluding hydrogens is 328 g/mol. The van der Waals surface area contributed by atoms with Crippen LogP contribution in [0.3, 0.4) is 0 Å². The van der Waals surface area contributed by atoms with Crippen LogP contribution >= 0.6 is 0 Å². The summed E-state index contributed by atoms with van der Waals surface area (Å²) in [7, 11) is 0. The Kier molecular flexibility index (Phi) is 4.63. The molecule has 1 aromatic carbocycles. The van der Waals surface area contributed by atoms with E-state index < -0.39 is 0 Å². The van der Waals surface area contributed by atoms with Crippen molar-refractivity contribution in [2.24, 2.45) is 5.92 Å². The summed E-state index contributed by atoms with van der Waals surface area (Å²) >= 11 is 0. The molecule has 5 heteroatoms. The van der Waals surface area contributed by atoms with Crippen LogP contribution in [0.2, 0.25) is 0 Å². The number of carbonyl (C=O) groups excluding carboxylic acids is 2. The molecule has 1 N–H and O–H groups in total. The van der Waals surface area contributed by atoms with Crippen molar-refractivity contribution in [1.29, 1.82) is 0 Å². The molecule has 3 aliphatic rings. The van der Waals surface area contributed by atoms with E-state index in [0.29, 0.717) is 12.8 Å². The van der Waals surface area contributed by atoms with E-state index in [1.54, 1.807) is 0 Å². The highest BCUT2D eigenvalue weighted by molar-refractivity contribution is 5.80. The molecule has 2 aliphatic heterocycles. The third kappa shape index (κ3) is 3.19. The summed E-state index contributed by atoms with van der Waals surface area (Å²) < 4.78 is 6.46. The molecule has 1 aliphatic carbocycles. The zero-order valence-corrected chi connectivity index (χ0v) is 15.5. The lowest BCUT2D eigenvalue weighted by atomic mass is 9.81. The van der Waals surface area contributed by atoms with E-state index in [1.165, 1.54) is 0 Å². The summed E-state index contributed by atoms with van der Waals surface area (Å²) in [5.41, 5.74) is 0.694. The average Bonchev–Trinajstić information content (AvgIpc) is 2.73. The van der Waals surface area contributed by atoms with Gasteiger partial charge in [-0.2, -0.15) is 0 Å². The van der Waals surface area contributed by atoms with E-state index in [2.05, 4.69) is 5.32 Å². The van der Waals surface area contributed by atoms with Crippen LogP contribution in [0.1, 0.15) is 63.5 Å². The third-order valence-corrected chi connectivity index (χ3v) is 6.36. The van der Waals surface area contributed by atoms with E-state index in [1.807, 2.05) is 36.1 Å². The second-order valence-corrected chi connectivity index (χ2v) is 7.94. The largest absolute Gasteiger partial charge is 0.487 e. The summed E-state index contributed by atoms with van der Waals surface area (Å²) in [6.07, 6.45) is 5.95. The Bertz CT molecular complexity index is 700. The molecule has 0 radical (unpaired) electrons. The van der Waals surface area contributed by atoms with Gasteiger partial charge in [-0.25, -0.2) is 0 Å². The van der Waals surface area contributed by atoms with Gasteiger partial charge >= 0.3 is 0 Å². The molecule has 140 valence electrons. The second kappa shape index (κ2) is 6.93. The Morgan fingerprint density at radius 3 is 2.85 bits per heavy atom. The second-order valence-electron chi connectivity index (χ2n) is 7.94. The number of fused-ring (bicyclic) bond motifs is 1. The summed E-state index contributed by atoms with van der Waals surface area (Å²) in [5, 5.41) is 3.29. The van der Waals surface area contributed by atoms with Crippen molar-refractivity contribution in [2.45, 2.75) is 63.5 Å². The summed E-state index contributed by atoms with van der Waals surface area (Å²) in [6.45, 7) is 3.49. The number of nitrogens with one attached hydrogen (secondary N) is 1. The molecule has 5 nitrogen and oxygen atoms in total. The smallest absolute Gasteiger partial charge is 0.223 e. The number of likely N-dealkylation sites (tertiary alicyclic amines) is 1. The number of benzene rings is 1. The molecule has 2 amide bonds. The number of amides is 2. The van der Waals surface area contributed by atoms with Gasteiger partial charge in [-0.15, -0.1) is 0 Å². The van der Waals surface area contributed by atoms with Crippen LogP contribution in [-0.2, 0) is 9.59 Å². The maximum absolute atomic E-state index is 12.6. The fourth-order valence-electron chi connectivity index (χ4n) is 4.43. The number of nitrogens with zero attached hydrogens (tertiary/aromatic N) is 1. The summed E-state index contributed by atoms with van der Waals surface area (Å²) in [5.74, 6) is 1.41. The summed E-state index contributed by atoms with van der Waals surface area (Å²) in [6, 6.07) is 7.98. The van der Waals surface area contributed by atoms with E-state index >= 15 is 0 Å². The average molecular weight is 356 g/mol. The van der Waals surface area contributed by atoms with Crippen molar-refractivity contribution >= 4 is 11.8 Å². The minimum atomic E-state index is -0.370. The molecule has 2 heterocycles. The van der Waals surface area contributed by atoms with Gasteiger partial charge in [0.05, 0.1) is 6.04 Å². The van der Waals surface area contributed by atoms with Crippen molar-refractivity contribution in [3.8, 4) is 5.75 Å². The van der Waals surface area contributed by atoms with Crippen LogP contribution in [0.25, 0.3) is 0 Å². The Labute approximate surface area is 155 Å². The first kappa shape index (κ1) is 17.4. The van der Waals surface area contributed by atoms with Crippen LogP contribution in [0.15, 0.2) is 24.3 Å². The van der Waals surface area contributed by atoms with Gasteiger partial charge in [-0.05, 0) is 32.3 Å². The molecule has 1 aromatic rings. The highest BCUT2D eigenvalue weighted by Crippen LogP contribution is 2.44. The normalized spacial score (nSPS) is 28.7. The van der Waals surface area contributed by atoms with E-state index in [4.69, 9.17) is 4.74 Å². The molecule has 26 heavy (non-hydrogen) atoms. The SMILES string of the molecule is CCN1CCC2(CCC1=O)CC(NC(=O)C1CCC1)c1ccccc1O2. The molecule has 4 rings (SSSR count). The van der Waals surface area contributed by atoms with Gasteiger partial charge in [0, 0.05) is 43.8 Å². The minimum absolute atomic E-state index is 0.0312. The fraction of sp³-hybridized carbons (Fsp3) is 0.619. The van der Waals surface area contributed by atoms with Crippen molar-refractivity contribution in [2.75, 3.05) is 13.1 Å². The van der Waals surface area contributed by atoms with Crippen LogP contribution in [0.4, 0.5) is 0 Å². The number of para-hydroxylation sites is 1. The van der Waals surface area contributed by atoms with Gasteiger partial charge in [0.2, 0.25) is 11.8 Å². The molecule has 1 spiro atoms. The lowest BCUT2D eigenvalue weighted by molar-refractivity contribution is -0.131. The number of hydrogen-bond donors (Lipinski definition) is 1. The summed E-state index contributed by atoms with van der Waals surface area (Å²) in [4.78, 5) is 26.8. The molecule has 2 fully saturated rings. The fourth-order valence-corrected chi connectivity index (χ4v) is 4.43. The number of ether oxygens (including phenoxy) is 1.